The molecular formula is C17H25N5O3S. The summed E-state index contributed by atoms with van der Waals surface area (Å²) in [5, 5.41) is 7.78. The SMILES string of the molecule is CSc1nc2nc(C)c(CC(=O)OCC(=O)N[C@H](C)C(C)C)c(C)n2n1. The van der Waals surface area contributed by atoms with Crippen LogP contribution in [0.5, 0.6) is 0 Å². The van der Waals surface area contributed by atoms with E-state index in [1.807, 2.05) is 40.9 Å². The summed E-state index contributed by atoms with van der Waals surface area (Å²) in [5.41, 5.74) is 2.22. The molecule has 2 rings (SSSR count). The second kappa shape index (κ2) is 8.48. The number of amides is 1. The number of carbonyl (C=O) groups excluding carboxylic acids is 2. The molecular weight excluding hydrogens is 354 g/mol. The number of aryl methyl sites for hydroxylation is 2. The van der Waals surface area contributed by atoms with Gasteiger partial charge in [0.2, 0.25) is 5.16 Å². The van der Waals surface area contributed by atoms with Gasteiger partial charge in [0.15, 0.2) is 6.61 Å². The van der Waals surface area contributed by atoms with Crippen LogP contribution in [0.15, 0.2) is 5.16 Å². The number of ether oxygens (including phenoxy) is 1. The van der Waals surface area contributed by atoms with Crippen molar-refractivity contribution in [2.75, 3.05) is 12.9 Å². The Morgan fingerprint density at radius 1 is 1.23 bits per heavy atom. The van der Waals surface area contributed by atoms with Gasteiger partial charge in [-0.2, -0.15) is 4.98 Å². The van der Waals surface area contributed by atoms with Gasteiger partial charge in [-0.3, -0.25) is 9.59 Å². The highest BCUT2D eigenvalue weighted by atomic mass is 32.2. The minimum atomic E-state index is -0.477. The Hall–Kier alpha value is -2.16. The number of hydrogen-bond donors (Lipinski definition) is 1. The average Bonchev–Trinajstić information content (AvgIpc) is 2.99. The van der Waals surface area contributed by atoms with E-state index in [1.165, 1.54) is 11.8 Å². The Morgan fingerprint density at radius 2 is 1.92 bits per heavy atom. The summed E-state index contributed by atoms with van der Waals surface area (Å²) in [7, 11) is 0. The number of esters is 1. The lowest BCUT2D eigenvalue weighted by atomic mass is 10.1. The minimum absolute atomic E-state index is 0.0234. The first-order valence-corrected chi connectivity index (χ1v) is 9.67. The highest BCUT2D eigenvalue weighted by Crippen LogP contribution is 2.17. The van der Waals surface area contributed by atoms with Gasteiger partial charge in [-0.15, -0.1) is 5.10 Å². The van der Waals surface area contributed by atoms with Crippen molar-refractivity contribution in [3.05, 3.63) is 17.0 Å². The number of aromatic nitrogens is 4. The fourth-order valence-electron chi connectivity index (χ4n) is 2.34. The average molecular weight is 379 g/mol. The lowest BCUT2D eigenvalue weighted by Crippen LogP contribution is -2.38. The van der Waals surface area contributed by atoms with E-state index >= 15 is 0 Å². The number of fused-ring (bicyclic) bond motifs is 1. The third-order valence-electron chi connectivity index (χ3n) is 4.29. The summed E-state index contributed by atoms with van der Waals surface area (Å²) in [5.74, 6) is 0.0347. The summed E-state index contributed by atoms with van der Waals surface area (Å²) in [6.45, 7) is 9.33. The van der Waals surface area contributed by atoms with Crippen LogP contribution in [0.2, 0.25) is 0 Å². The van der Waals surface area contributed by atoms with E-state index in [1.54, 1.807) is 4.52 Å². The van der Waals surface area contributed by atoms with Crippen LogP contribution in [0.25, 0.3) is 5.78 Å². The summed E-state index contributed by atoms with van der Waals surface area (Å²) >= 11 is 1.43. The third-order valence-corrected chi connectivity index (χ3v) is 4.82. The molecule has 0 aliphatic heterocycles. The number of carbonyl (C=O) groups is 2. The van der Waals surface area contributed by atoms with Crippen LogP contribution in [-0.4, -0.2) is 50.4 Å². The molecule has 0 spiro atoms. The van der Waals surface area contributed by atoms with Crippen molar-refractivity contribution < 1.29 is 14.3 Å². The number of thioether (sulfide) groups is 1. The van der Waals surface area contributed by atoms with Crippen LogP contribution in [0.1, 0.15) is 37.7 Å². The molecule has 1 amide bonds. The third kappa shape index (κ3) is 4.72. The van der Waals surface area contributed by atoms with Crippen LogP contribution in [0, 0.1) is 19.8 Å². The van der Waals surface area contributed by atoms with Crippen LogP contribution in [0.4, 0.5) is 0 Å². The predicted molar refractivity (Wildman–Crippen MR) is 99.1 cm³/mol. The summed E-state index contributed by atoms with van der Waals surface area (Å²) in [4.78, 5) is 32.7. The minimum Gasteiger partial charge on any atom is -0.455 e. The molecule has 0 aromatic carbocycles. The quantitative estimate of drug-likeness (QED) is 0.577. The molecule has 0 aliphatic carbocycles. The van der Waals surface area contributed by atoms with E-state index in [0.29, 0.717) is 22.5 Å². The standard InChI is InChI=1S/C17H25N5O3S/c1-9(2)10(3)18-14(23)8-25-15(24)7-13-11(4)19-16-20-17(26-6)21-22(16)12(13)5/h9-10H,7-8H2,1-6H3,(H,18,23)/t10-/m1/s1. The largest absolute Gasteiger partial charge is 0.455 e. The number of rotatable bonds is 7. The Balaban J connectivity index is 2.03. The normalized spacial score (nSPS) is 12.4. The van der Waals surface area contributed by atoms with E-state index in [9.17, 15) is 9.59 Å². The fraction of sp³-hybridized carbons (Fsp3) is 0.588. The van der Waals surface area contributed by atoms with Gasteiger partial charge in [0.1, 0.15) is 0 Å². The molecule has 0 saturated heterocycles. The molecule has 0 fully saturated rings. The van der Waals surface area contributed by atoms with Gasteiger partial charge in [-0.1, -0.05) is 25.6 Å². The van der Waals surface area contributed by atoms with Gasteiger partial charge in [-0.25, -0.2) is 9.50 Å². The maximum absolute atomic E-state index is 12.2. The molecule has 0 unspecified atom stereocenters. The van der Waals surface area contributed by atoms with Crippen molar-refractivity contribution in [1.82, 2.24) is 24.9 Å². The summed E-state index contributed by atoms with van der Waals surface area (Å²) in [6.07, 6.45) is 1.92. The van der Waals surface area contributed by atoms with Gasteiger partial charge in [0.05, 0.1) is 6.42 Å². The Bertz CT molecular complexity index is 818. The van der Waals surface area contributed by atoms with Crippen molar-refractivity contribution in [1.29, 1.82) is 0 Å². The summed E-state index contributed by atoms with van der Waals surface area (Å²) < 4.78 is 6.73. The van der Waals surface area contributed by atoms with Gasteiger partial charge in [-0.05, 0) is 32.9 Å². The first kappa shape index (κ1) is 20.2. The Kier molecular flexibility index (Phi) is 6.57. The van der Waals surface area contributed by atoms with E-state index in [0.717, 1.165) is 11.3 Å². The van der Waals surface area contributed by atoms with E-state index in [4.69, 9.17) is 4.74 Å². The van der Waals surface area contributed by atoms with Gasteiger partial charge < -0.3 is 10.1 Å². The molecule has 26 heavy (non-hydrogen) atoms. The lowest BCUT2D eigenvalue weighted by molar-refractivity contribution is -0.148. The first-order chi connectivity index (χ1) is 12.2. The number of hydrogen-bond acceptors (Lipinski definition) is 7. The zero-order valence-corrected chi connectivity index (χ0v) is 16.8. The van der Waals surface area contributed by atoms with Crippen molar-refractivity contribution >= 4 is 29.4 Å². The lowest BCUT2D eigenvalue weighted by Gasteiger charge is -2.17. The smallest absolute Gasteiger partial charge is 0.310 e. The Morgan fingerprint density at radius 3 is 2.54 bits per heavy atom. The number of nitrogens with zero attached hydrogens (tertiary/aromatic N) is 4. The molecule has 1 N–H and O–H groups in total. The van der Waals surface area contributed by atoms with Crippen LogP contribution >= 0.6 is 11.8 Å². The molecule has 2 aromatic heterocycles. The van der Waals surface area contributed by atoms with Crippen molar-refractivity contribution in [3.63, 3.8) is 0 Å². The molecule has 0 saturated carbocycles. The van der Waals surface area contributed by atoms with Crippen molar-refractivity contribution in [2.45, 2.75) is 52.2 Å². The molecule has 0 aliphatic rings. The maximum Gasteiger partial charge on any atom is 0.310 e. The fourth-order valence-corrected chi connectivity index (χ4v) is 2.67. The van der Waals surface area contributed by atoms with Crippen molar-refractivity contribution in [3.8, 4) is 0 Å². The zero-order valence-electron chi connectivity index (χ0n) is 16.0. The number of nitrogens with one attached hydrogen (secondary N) is 1. The molecule has 142 valence electrons. The Labute approximate surface area is 157 Å². The van der Waals surface area contributed by atoms with Gasteiger partial charge in [0, 0.05) is 23.0 Å². The van der Waals surface area contributed by atoms with E-state index in [2.05, 4.69) is 20.4 Å². The molecule has 2 aromatic rings. The van der Waals surface area contributed by atoms with E-state index in [-0.39, 0.29) is 25.0 Å². The first-order valence-electron chi connectivity index (χ1n) is 8.44. The molecule has 9 heteroatoms. The zero-order chi connectivity index (χ0) is 19.4. The maximum atomic E-state index is 12.2. The molecule has 2 heterocycles. The second-order valence-corrected chi connectivity index (χ2v) is 7.28. The van der Waals surface area contributed by atoms with Crippen LogP contribution in [0.3, 0.4) is 0 Å². The predicted octanol–water partition coefficient (Wildman–Crippen LogP) is 1.71. The highest BCUT2D eigenvalue weighted by molar-refractivity contribution is 7.98. The van der Waals surface area contributed by atoms with Crippen LogP contribution < -0.4 is 5.32 Å². The topological polar surface area (TPSA) is 98.5 Å². The second-order valence-electron chi connectivity index (χ2n) is 6.51. The molecule has 8 nitrogen and oxygen atoms in total. The monoisotopic (exact) mass is 379 g/mol. The van der Waals surface area contributed by atoms with Gasteiger partial charge >= 0.3 is 5.97 Å². The van der Waals surface area contributed by atoms with Gasteiger partial charge in [0.25, 0.3) is 11.7 Å². The van der Waals surface area contributed by atoms with E-state index < -0.39 is 5.97 Å². The van der Waals surface area contributed by atoms with Crippen molar-refractivity contribution in [2.24, 2.45) is 5.92 Å². The molecule has 1 atom stereocenters. The van der Waals surface area contributed by atoms with Crippen LogP contribution in [-0.2, 0) is 20.7 Å². The molecule has 0 bridgehead atoms. The summed E-state index contributed by atoms with van der Waals surface area (Å²) in [6, 6.07) is 0.0234. The molecule has 0 radical (unpaired) electrons. The highest BCUT2D eigenvalue weighted by Gasteiger charge is 2.18.